The largest absolute Gasteiger partial charge is 0.306 e. The van der Waals surface area contributed by atoms with Crippen molar-refractivity contribution in [3.63, 3.8) is 0 Å². The molecule has 0 unspecified atom stereocenters. The summed E-state index contributed by atoms with van der Waals surface area (Å²) in [6, 6.07) is 15.0. The van der Waals surface area contributed by atoms with Crippen molar-refractivity contribution in [3.05, 3.63) is 74.2 Å². The summed E-state index contributed by atoms with van der Waals surface area (Å²) in [6.07, 6.45) is 0. The van der Waals surface area contributed by atoms with E-state index < -0.39 is 0 Å². The van der Waals surface area contributed by atoms with E-state index in [1.807, 2.05) is 18.2 Å². The van der Waals surface area contributed by atoms with E-state index in [-0.39, 0.29) is 16.7 Å². The second-order valence-electron chi connectivity index (χ2n) is 4.58. The van der Waals surface area contributed by atoms with E-state index in [2.05, 4.69) is 40.3 Å². The number of rotatable bonds is 5. The van der Waals surface area contributed by atoms with Crippen molar-refractivity contribution in [2.45, 2.75) is 19.5 Å². The molecule has 0 aliphatic carbocycles. The highest BCUT2D eigenvalue weighted by atomic mass is 79.9. The SMILES string of the molecule is C[C@H](NCc1cccc([N+](=O)[O-])c1)c1ccc(Br)cc1. The van der Waals surface area contributed by atoms with Crippen LogP contribution in [-0.4, -0.2) is 4.92 Å². The van der Waals surface area contributed by atoms with Crippen LogP contribution in [0.1, 0.15) is 24.1 Å². The van der Waals surface area contributed by atoms with Gasteiger partial charge in [0.25, 0.3) is 5.69 Å². The van der Waals surface area contributed by atoms with Gasteiger partial charge in [0.1, 0.15) is 0 Å². The lowest BCUT2D eigenvalue weighted by molar-refractivity contribution is -0.384. The molecule has 20 heavy (non-hydrogen) atoms. The Labute approximate surface area is 126 Å². The first-order valence-electron chi connectivity index (χ1n) is 6.28. The lowest BCUT2D eigenvalue weighted by atomic mass is 10.1. The molecule has 0 bridgehead atoms. The number of hydrogen-bond acceptors (Lipinski definition) is 3. The zero-order chi connectivity index (χ0) is 14.5. The van der Waals surface area contributed by atoms with Gasteiger partial charge >= 0.3 is 0 Å². The minimum atomic E-state index is -0.373. The van der Waals surface area contributed by atoms with Crippen molar-refractivity contribution >= 4 is 21.6 Å². The molecule has 4 nitrogen and oxygen atoms in total. The van der Waals surface area contributed by atoms with E-state index >= 15 is 0 Å². The Hall–Kier alpha value is -1.72. The zero-order valence-corrected chi connectivity index (χ0v) is 12.6. The Morgan fingerprint density at radius 1 is 1.25 bits per heavy atom. The normalized spacial score (nSPS) is 12.1. The van der Waals surface area contributed by atoms with Gasteiger partial charge in [-0.15, -0.1) is 0 Å². The number of nitrogens with one attached hydrogen (secondary N) is 1. The number of nitro groups is 1. The summed E-state index contributed by atoms with van der Waals surface area (Å²) in [7, 11) is 0. The molecule has 2 aromatic carbocycles. The second kappa shape index (κ2) is 6.63. The topological polar surface area (TPSA) is 55.2 Å². The molecular formula is C15H15BrN2O2. The lowest BCUT2D eigenvalue weighted by Crippen LogP contribution is -2.18. The summed E-state index contributed by atoms with van der Waals surface area (Å²) in [6.45, 7) is 2.67. The van der Waals surface area contributed by atoms with Crippen LogP contribution in [0.15, 0.2) is 53.0 Å². The fourth-order valence-electron chi connectivity index (χ4n) is 1.92. The van der Waals surface area contributed by atoms with Gasteiger partial charge in [0.15, 0.2) is 0 Å². The first-order valence-corrected chi connectivity index (χ1v) is 7.08. The van der Waals surface area contributed by atoms with Crippen LogP contribution in [-0.2, 0) is 6.54 Å². The van der Waals surface area contributed by atoms with E-state index in [1.165, 1.54) is 11.6 Å². The quantitative estimate of drug-likeness (QED) is 0.658. The highest BCUT2D eigenvalue weighted by Gasteiger charge is 2.08. The Morgan fingerprint density at radius 2 is 1.95 bits per heavy atom. The van der Waals surface area contributed by atoms with Gasteiger partial charge in [-0.2, -0.15) is 0 Å². The molecule has 0 aliphatic rings. The minimum Gasteiger partial charge on any atom is -0.306 e. The van der Waals surface area contributed by atoms with Crippen LogP contribution in [0.25, 0.3) is 0 Å². The molecule has 0 aromatic heterocycles. The fraction of sp³-hybridized carbons (Fsp3) is 0.200. The number of nitrogens with zero attached hydrogens (tertiary/aromatic N) is 1. The minimum absolute atomic E-state index is 0.126. The van der Waals surface area contributed by atoms with Crippen LogP contribution in [0.2, 0.25) is 0 Å². The molecule has 1 atom stereocenters. The summed E-state index contributed by atoms with van der Waals surface area (Å²) >= 11 is 3.41. The Kier molecular flexibility index (Phi) is 4.87. The van der Waals surface area contributed by atoms with Gasteiger partial charge in [0.05, 0.1) is 4.92 Å². The fourth-order valence-corrected chi connectivity index (χ4v) is 2.18. The summed E-state index contributed by atoms with van der Waals surface area (Å²) in [5.74, 6) is 0. The molecule has 0 saturated heterocycles. The Bertz CT molecular complexity index is 599. The third-order valence-corrected chi connectivity index (χ3v) is 3.63. The van der Waals surface area contributed by atoms with E-state index in [9.17, 15) is 10.1 Å². The molecule has 104 valence electrons. The van der Waals surface area contributed by atoms with Crippen LogP contribution in [0, 0.1) is 10.1 Å². The van der Waals surface area contributed by atoms with Crippen molar-refractivity contribution in [3.8, 4) is 0 Å². The molecule has 5 heteroatoms. The smallest absolute Gasteiger partial charge is 0.269 e. The van der Waals surface area contributed by atoms with Crippen molar-refractivity contribution in [1.29, 1.82) is 0 Å². The van der Waals surface area contributed by atoms with E-state index in [4.69, 9.17) is 0 Å². The maximum atomic E-state index is 10.7. The summed E-state index contributed by atoms with van der Waals surface area (Å²) in [5, 5.41) is 14.1. The Balaban J connectivity index is 1.99. The number of non-ortho nitro benzene ring substituents is 1. The van der Waals surface area contributed by atoms with Gasteiger partial charge in [0, 0.05) is 29.2 Å². The van der Waals surface area contributed by atoms with Crippen LogP contribution in [0.5, 0.6) is 0 Å². The van der Waals surface area contributed by atoms with Crippen LogP contribution in [0.4, 0.5) is 5.69 Å². The monoisotopic (exact) mass is 334 g/mol. The predicted molar refractivity (Wildman–Crippen MR) is 82.5 cm³/mol. The van der Waals surface area contributed by atoms with E-state index in [0.29, 0.717) is 6.54 Å². The lowest BCUT2D eigenvalue weighted by Gasteiger charge is -2.14. The van der Waals surface area contributed by atoms with Crippen LogP contribution >= 0.6 is 15.9 Å². The molecule has 0 spiro atoms. The standard InChI is InChI=1S/C15H15BrN2O2/c1-11(13-5-7-14(16)8-6-13)17-10-12-3-2-4-15(9-12)18(19)20/h2-9,11,17H,10H2,1H3/t11-/m0/s1. The highest BCUT2D eigenvalue weighted by molar-refractivity contribution is 9.10. The molecule has 2 aromatic rings. The third-order valence-electron chi connectivity index (χ3n) is 3.10. The first-order chi connectivity index (χ1) is 9.56. The van der Waals surface area contributed by atoms with E-state index in [0.717, 1.165) is 10.0 Å². The van der Waals surface area contributed by atoms with Crippen molar-refractivity contribution in [2.75, 3.05) is 0 Å². The third kappa shape index (κ3) is 3.88. The first kappa shape index (κ1) is 14.7. The average Bonchev–Trinajstić information content (AvgIpc) is 2.46. The van der Waals surface area contributed by atoms with Gasteiger partial charge in [-0.25, -0.2) is 0 Å². The highest BCUT2D eigenvalue weighted by Crippen LogP contribution is 2.18. The molecule has 0 radical (unpaired) electrons. The molecule has 0 saturated carbocycles. The van der Waals surface area contributed by atoms with Crippen molar-refractivity contribution < 1.29 is 4.92 Å². The maximum Gasteiger partial charge on any atom is 0.269 e. The van der Waals surface area contributed by atoms with Crippen molar-refractivity contribution in [2.24, 2.45) is 0 Å². The molecule has 0 aliphatic heterocycles. The number of halogens is 1. The van der Waals surface area contributed by atoms with Gasteiger partial charge in [-0.3, -0.25) is 10.1 Å². The van der Waals surface area contributed by atoms with Gasteiger partial charge in [-0.05, 0) is 30.2 Å². The predicted octanol–water partition coefficient (Wildman–Crippen LogP) is 4.21. The maximum absolute atomic E-state index is 10.7. The molecule has 1 N–H and O–H groups in total. The molecule has 2 rings (SSSR count). The summed E-state index contributed by atoms with van der Waals surface area (Å²) in [5.41, 5.74) is 2.21. The van der Waals surface area contributed by atoms with Crippen LogP contribution in [0.3, 0.4) is 0 Å². The van der Waals surface area contributed by atoms with Crippen LogP contribution < -0.4 is 5.32 Å². The molecule has 0 fully saturated rings. The second-order valence-corrected chi connectivity index (χ2v) is 5.50. The molecule has 0 heterocycles. The van der Waals surface area contributed by atoms with E-state index in [1.54, 1.807) is 12.1 Å². The summed E-state index contributed by atoms with van der Waals surface area (Å²) in [4.78, 5) is 10.4. The number of benzene rings is 2. The molecular weight excluding hydrogens is 320 g/mol. The average molecular weight is 335 g/mol. The van der Waals surface area contributed by atoms with Gasteiger partial charge in [-0.1, -0.05) is 40.2 Å². The Morgan fingerprint density at radius 3 is 2.60 bits per heavy atom. The molecule has 0 amide bonds. The zero-order valence-electron chi connectivity index (χ0n) is 11.0. The summed E-state index contributed by atoms with van der Waals surface area (Å²) < 4.78 is 1.05. The van der Waals surface area contributed by atoms with Gasteiger partial charge < -0.3 is 5.32 Å². The number of nitro benzene ring substituents is 1. The van der Waals surface area contributed by atoms with Crippen molar-refractivity contribution in [1.82, 2.24) is 5.32 Å². The number of hydrogen-bond donors (Lipinski definition) is 1. The van der Waals surface area contributed by atoms with Gasteiger partial charge in [0.2, 0.25) is 0 Å².